The molecule has 0 saturated carbocycles. The van der Waals surface area contributed by atoms with Crippen LogP contribution in [0.1, 0.15) is 11.4 Å². The molecule has 0 atom stereocenters. The van der Waals surface area contributed by atoms with Crippen molar-refractivity contribution in [3.63, 3.8) is 0 Å². The maximum atomic E-state index is 11.9. The van der Waals surface area contributed by atoms with Gasteiger partial charge in [-0.15, -0.1) is 11.6 Å². The number of aromatic nitrogens is 2. The highest BCUT2D eigenvalue weighted by atomic mass is 35.5. The van der Waals surface area contributed by atoms with Gasteiger partial charge in [0.25, 0.3) is 0 Å². The van der Waals surface area contributed by atoms with Crippen LogP contribution in [0, 0.1) is 0 Å². The number of rotatable bonds is 4. The Kier molecular flexibility index (Phi) is 4.36. The monoisotopic (exact) mass is 404 g/mol. The van der Waals surface area contributed by atoms with E-state index in [2.05, 4.69) is 0 Å². The number of imidazole rings is 1. The molecule has 27 heavy (non-hydrogen) atoms. The standard InChI is InChI=1S/C19H17ClN2O4S/c1-25-13-5-3-12(4-6-13)19-21-15(10-20)17-11-26-18-9-14(27(2,23)24)7-8-16(18)22(17)19/h3-9H,10-11H2,1-2H3. The van der Waals surface area contributed by atoms with Crippen molar-refractivity contribution in [3.05, 3.63) is 53.9 Å². The van der Waals surface area contributed by atoms with Gasteiger partial charge in [0.1, 0.15) is 23.9 Å². The van der Waals surface area contributed by atoms with Gasteiger partial charge in [0.05, 0.1) is 35.0 Å². The number of hydrogen-bond acceptors (Lipinski definition) is 5. The average Bonchev–Trinajstić information content (AvgIpc) is 3.06. The highest BCUT2D eigenvalue weighted by molar-refractivity contribution is 7.90. The second-order valence-corrected chi connectivity index (χ2v) is 8.50. The molecule has 0 aliphatic carbocycles. The van der Waals surface area contributed by atoms with Crippen molar-refractivity contribution in [1.29, 1.82) is 0 Å². The van der Waals surface area contributed by atoms with E-state index in [4.69, 9.17) is 26.1 Å². The molecule has 0 bridgehead atoms. The fourth-order valence-electron chi connectivity index (χ4n) is 3.12. The van der Waals surface area contributed by atoms with E-state index in [1.165, 1.54) is 6.26 Å². The summed E-state index contributed by atoms with van der Waals surface area (Å²) in [7, 11) is -1.71. The molecule has 1 aliphatic heterocycles. The van der Waals surface area contributed by atoms with Crippen LogP contribution in [0.25, 0.3) is 17.1 Å². The number of methoxy groups -OCH3 is 1. The van der Waals surface area contributed by atoms with Gasteiger partial charge in [-0.3, -0.25) is 4.57 Å². The SMILES string of the molecule is COc1ccc(-c2nc(CCl)c3n2-c2ccc(S(C)(=O)=O)cc2OC3)cc1. The predicted molar refractivity (Wildman–Crippen MR) is 103 cm³/mol. The Labute approximate surface area is 162 Å². The van der Waals surface area contributed by atoms with Gasteiger partial charge >= 0.3 is 0 Å². The average molecular weight is 405 g/mol. The Balaban J connectivity index is 1.91. The van der Waals surface area contributed by atoms with Crippen molar-refractivity contribution in [2.45, 2.75) is 17.4 Å². The van der Waals surface area contributed by atoms with E-state index in [1.54, 1.807) is 25.3 Å². The quantitative estimate of drug-likeness (QED) is 0.621. The predicted octanol–water partition coefficient (Wildman–Crippen LogP) is 3.58. The normalized spacial score (nSPS) is 12.9. The lowest BCUT2D eigenvalue weighted by molar-refractivity contribution is 0.283. The zero-order chi connectivity index (χ0) is 19.2. The minimum absolute atomic E-state index is 0.216. The molecular formula is C19H17ClN2O4S. The van der Waals surface area contributed by atoms with Gasteiger partial charge in [0, 0.05) is 17.9 Å². The lowest BCUT2D eigenvalue weighted by Crippen LogP contribution is -2.15. The van der Waals surface area contributed by atoms with Gasteiger partial charge < -0.3 is 9.47 Å². The van der Waals surface area contributed by atoms with E-state index < -0.39 is 9.84 Å². The third kappa shape index (κ3) is 3.07. The van der Waals surface area contributed by atoms with Gasteiger partial charge in [0.15, 0.2) is 9.84 Å². The third-order valence-electron chi connectivity index (χ3n) is 4.50. The van der Waals surface area contributed by atoms with E-state index in [-0.39, 0.29) is 17.4 Å². The topological polar surface area (TPSA) is 70.4 Å². The maximum absolute atomic E-state index is 11.9. The summed E-state index contributed by atoms with van der Waals surface area (Å²) in [6, 6.07) is 12.4. The van der Waals surface area contributed by atoms with E-state index in [1.807, 2.05) is 28.8 Å². The molecule has 140 valence electrons. The smallest absolute Gasteiger partial charge is 0.175 e. The van der Waals surface area contributed by atoms with E-state index >= 15 is 0 Å². The Hall–Kier alpha value is -2.51. The Morgan fingerprint density at radius 3 is 2.59 bits per heavy atom. The minimum Gasteiger partial charge on any atom is -0.497 e. The van der Waals surface area contributed by atoms with Crippen molar-refractivity contribution >= 4 is 21.4 Å². The van der Waals surface area contributed by atoms with Crippen LogP contribution in [0.3, 0.4) is 0 Å². The molecule has 0 radical (unpaired) electrons. The molecule has 0 N–H and O–H groups in total. The fourth-order valence-corrected chi connectivity index (χ4v) is 3.97. The van der Waals surface area contributed by atoms with Gasteiger partial charge in [-0.05, 0) is 36.4 Å². The molecule has 0 unspecified atom stereocenters. The van der Waals surface area contributed by atoms with Crippen LogP contribution in [0.15, 0.2) is 47.4 Å². The summed E-state index contributed by atoms with van der Waals surface area (Å²) >= 11 is 6.09. The Morgan fingerprint density at radius 1 is 1.22 bits per heavy atom. The number of halogens is 1. The van der Waals surface area contributed by atoms with Crippen molar-refractivity contribution in [3.8, 4) is 28.6 Å². The Morgan fingerprint density at radius 2 is 1.96 bits per heavy atom. The van der Waals surface area contributed by atoms with Crippen LogP contribution in [-0.4, -0.2) is 31.3 Å². The second kappa shape index (κ2) is 6.58. The molecule has 4 rings (SSSR count). The molecular weight excluding hydrogens is 388 g/mol. The van der Waals surface area contributed by atoms with E-state index in [9.17, 15) is 8.42 Å². The molecule has 2 aromatic carbocycles. The van der Waals surface area contributed by atoms with Crippen molar-refractivity contribution in [2.24, 2.45) is 0 Å². The fraction of sp³-hybridized carbons (Fsp3) is 0.211. The lowest BCUT2D eigenvalue weighted by atomic mass is 10.2. The van der Waals surface area contributed by atoms with E-state index in [0.29, 0.717) is 5.75 Å². The number of benzene rings is 2. The largest absolute Gasteiger partial charge is 0.497 e. The van der Waals surface area contributed by atoms with Gasteiger partial charge in [-0.25, -0.2) is 13.4 Å². The first-order valence-electron chi connectivity index (χ1n) is 8.20. The minimum atomic E-state index is -3.32. The lowest BCUT2D eigenvalue weighted by Gasteiger charge is -2.22. The van der Waals surface area contributed by atoms with Crippen LogP contribution in [-0.2, 0) is 22.3 Å². The highest BCUT2D eigenvalue weighted by Crippen LogP contribution is 2.38. The highest BCUT2D eigenvalue weighted by Gasteiger charge is 2.26. The van der Waals surface area contributed by atoms with Gasteiger partial charge in [-0.1, -0.05) is 0 Å². The number of hydrogen-bond donors (Lipinski definition) is 0. The van der Waals surface area contributed by atoms with Gasteiger partial charge in [-0.2, -0.15) is 0 Å². The second-order valence-electron chi connectivity index (χ2n) is 6.22. The van der Waals surface area contributed by atoms with Crippen LogP contribution in [0.5, 0.6) is 11.5 Å². The number of nitrogens with zero attached hydrogens (tertiary/aromatic N) is 2. The number of alkyl halides is 1. The molecule has 6 nitrogen and oxygen atoms in total. The molecule has 1 aliphatic rings. The number of sulfone groups is 1. The molecule has 1 aromatic heterocycles. The molecule has 8 heteroatoms. The van der Waals surface area contributed by atoms with Crippen LogP contribution >= 0.6 is 11.6 Å². The van der Waals surface area contributed by atoms with E-state index in [0.717, 1.165) is 34.2 Å². The molecule has 0 fully saturated rings. The molecule has 0 saturated heterocycles. The zero-order valence-corrected chi connectivity index (χ0v) is 16.3. The van der Waals surface area contributed by atoms with Gasteiger partial charge in [0.2, 0.25) is 0 Å². The summed E-state index contributed by atoms with van der Waals surface area (Å²) < 4.78 is 36.7. The van der Waals surface area contributed by atoms with Crippen molar-refractivity contribution in [2.75, 3.05) is 13.4 Å². The number of fused-ring (bicyclic) bond motifs is 3. The third-order valence-corrected chi connectivity index (χ3v) is 5.86. The first-order valence-corrected chi connectivity index (χ1v) is 10.6. The summed E-state index contributed by atoms with van der Waals surface area (Å²) in [6.07, 6.45) is 1.18. The number of ether oxygens (including phenoxy) is 2. The summed E-state index contributed by atoms with van der Waals surface area (Å²) in [5.41, 5.74) is 3.22. The molecule has 0 amide bonds. The van der Waals surface area contributed by atoms with Crippen LogP contribution < -0.4 is 9.47 Å². The summed E-state index contributed by atoms with van der Waals surface area (Å²) in [6.45, 7) is 0.269. The Bertz CT molecular complexity index is 1120. The molecule has 0 spiro atoms. The first kappa shape index (κ1) is 17.9. The van der Waals surface area contributed by atoms with Crippen molar-refractivity contribution in [1.82, 2.24) is 9.55 Å². The molecule has 3 aromatic rings. The summed E-state index contributed by atoms with van der Waals surface area (Å²) in [5, 5.41) is 0. The maximum Gasteiger partial charge on any atom is 0.175 e. The van der Waals surface area contributed by atoms with Crippen LogP contribution in [0.4, 0.5) is 0 Å². The zero-order valence-electron chi connectivity index (χ0n) is 14.8. The summed E-state index contributed by atoms with van der Waals surface area (Å²) in [5.74, 6) is 2.23. The summed E-state index contributed by atoms with van der Waals surface area (Å²) in [4.78, 5) is 4.91. The van der Waals surface area contributed by atoms with Crippen LogP contribution in [0.2, 0.25) is 0 Å². The van der Waals surface area contributed by atoms with Crippen molar-refractivity contribution < 1.29 is 17.9 Å². The molecule has 2 heterocycles. The first-order chi connectivity index (χ1) is 12.9.